The summed E-state index contributed by atoms with van der Waals surface area (Å²) in [7, 11) is 0. The number of hydrogen-bond acceptors (Lipinski definition) is 18. The Morgan fingerprint density at radius 2 is 0.853 bits per heavy atom. The normalized spacial score (nSPS) is 12.5. The van der Waals surface area contributed by atoms with Gasteiger partial charge in [-0.25, -0.2) is 0 Å². The van der Waals surface area contributed by atoms with Gasteiger partial charge in [0, 0.05) is 22.6 Å². The molecule has 12 N–H and O–H groups in total. The van der Waals surface area contributed by atoms with E-state index in [2.05, 4.69) is 65.8 Å². The summed E-state index contributed by atoms with van der Waals surface area (Å²) in [6, 6.07) is 0. The second kappa shape index (κ2) is 35.5. The first-order valence-corrected chi connectivity index (χ1v) is 23.6. The minimum absolute atomic E-state index is 0.0911. The Morgan fingerprint density at radius 1 is 0.471 bits per heavy atom. The Balaban J connectivity index is 4.55. The first kappa shape index (κ1) is 63.4. The Labute approximate surface area is 413 Å². The van der Waals surface area contributed by atoms with E-state index < -0.39 is 123 Å². The summed E-state index contributed by atoms with van der Waals surface area (Å²) >= 11 is 11.6. The highest BCUT2D eigenvalue weighted by Gasteiger charge is 2.29. The van der Waals surface area contributed by atoms with Crippen molar-refractivity contribution in [3.05, 3.63) is 0 Å². The summed E-state index contributed by atoms with van der Waals surface area (Å²) in [4.78, 5) is 134. The summed E-state index contributed by atoms with van der Waals surface area (Å²) < 4.78 is 19.8. The Bertz CT molecular complexity index is 1690. The summed E-state index contributed by atoms with van der Waals surface area (Å²) in [6.07, 6.45) is 0. The van der Waals surface area contributed by atoms with Crippen molar-refractivity contribution < 1.29 is 71.7 Å². The van der Waals surface area contributed by atoms with Crippen LogP contribution >= 0.6 is 47.8 Å². The van der Waals surface area contributed by atoms with Crippen LogP contribution in [0.25, 0.3) is 0 Å². The minimum atomic E-state index is -1.27. The van der Waals surface area contributed by atoms with Gasteiger partial charge >= 0.3 is 0 Å². The largest absolute Gasteiger partial charge is 0.377 e. The van der Waals surface area contributed by atoms with Crippen LogP contribution in [-0.2, 0) is 71.7 Å². The molecule has 0 fully saturated rings. The van der Waals surface area contributed by atoms with Gasteiger partial charge in [-0.15, -0.1) is 47.8 Å². The Hall–Kier alpha value is -4.65. The van der Waals surface area contributed by atoms with Crippen molar-refractivity contribution in [3.63, 3.8) is 0 Å². The maximum absolute atomic E-state index is 13.0. The SMILES string of the molecule is CC(C)(C)SC(NC(=O)CNC(=O)CCl)C(=O)NCC(=O)NCC(=O)NCC(=O)NC(SC(C)(C)C)C(=O)NCC(=O)NC(S)C(=O)NCCOCCOCCOCCNC(=O)COCC(N)=O. The van der Waals surface area contributed by atoms with E-state index in [1.165, 1.54) is 0 Å². The molecule has 0 bridgehead atoms. The summed E-state index contributed by atoms with van der Waals surface area (Å²) in [6.45, 7) is 9.07. The monoisotopic (exact) mass is 1050 g/mol. The molecule has 0 aromatic heterocycles. The van der Waals surface area contributed by atoms with Gasteiger partial charge in [0.1, 0.15) is 19.1 Å². The molecule has 0 saturated heterocycles. The van der Waals surface area contributed by atoms with Crippen molar-refractivity contribution >= 4 is 113 Å². The van der Waals surface area contributed by atoms with Crippen LogP contribution in [0.3, 0.4) is 0 Å². The van der Waals surface area contributed by atoms with Gasteiger partial charge in [-0.05, 0) is 0 Å². The van der Waals surface area contributed by atoms with Gasteiger partial charge in [0.2, 0.25) is 47.3 Å². The average Bonchev–Trinajstić information content (AvgIpc) is 3.24. The van der Waals surface area contributed by atoms with Crippen LogP contribution < -0.4 is 58.9 Å². The van der Waals surface area contributed by atoms with E-state index in [0.29, 0.717) is 0 Å². The number of carbonyl (C=O) groups excluding carboxylic acids is 11. The third-order valence-electron chi connectivity index (χ3n) is 7.19. The molecule has 388 valence electrons. The highest BCUT2D eigenvalue weighted by Crippen LogP contribution is 2.27. The molecule has 0 spiro atoms. The molecule has 0 aliphatic heterocycles. The highest BCUT2D eigenvalue weighted by molar-refractivity contribution is 8.02. The highest BCUT2D eigenvalue weighted by atomic mass is 35.5. The van der Waals surface area contributed by atoms with Gasteiger partial charge in [-0.2, -0.15) is 0 Å². The lowest BCUT2D eigenvalue weighted by Crippen LogP contribution is -2.52. The molecule has 11 amide bonds. The molecule has 0 aliphatic carbocycles. The number of thioether (sulfide) groups is 2. The number of ether oxygens (including phenoxy) is 4. The minimum Gasteiger partial charge on any atom is -0.377 e. The lowest BCUT2D eigenvalue weighted by molar-refractivity contribution is -0.130. The summed E-state index contributed by atoms with van der Waals surface area (Å²) in [5.74, 6) is -7.88. The molecule has 0 aromatic carbocycles. The fourth-order valence-electron chi connectivity index (χ4n) is 4.34. The van der Waals surface area contributed by atoms with E-state index in [1.807, 2.05) is 0 Å². The van der Waals surface area contributed by atoms with Crippen LogP contribution in [0.4, 0.5) is 0 Å². The average molecular weight is 1050 g/mol. The van der Waals surface area contributed by atoms with Crippen LogP contribution in [0.5, 0.6) is 0 Å². The molecule has 3 unspecified atom stereocenters. The molecule has 68 heavy (non-hydrogen) atoms. The number of thiol groups is 1. The lowest BCUT2D eigenvalue weighted by Gasteiger charge is -2.26. The number of nitrogens with one attached hydrogen (secondary N) is 10. The van der Waals surface area contributed by atoms with E-state index in [9.17, 15) is 52.7 Å². The van der Waals surface area contributed by atoms with Crippen molar-refractivity contribution in [3.8, 4) is 0 Å². The second-order valence-electron chi connectivity index (χ2n) is 15.7. The van der Waals surface area contributed by atoms with Gasteiger partial charge in [0.15, 0.2) is 16.1 Å². The molecule has 0 saturated carbocycles. The van der Waals surface area contributed by atoms with E-state index in [-0.39, 0.29) is 71.8 Å². The van der Waals surface area contributed by atoms with E-state index in [0.717, 1.165) is 23.5 Å². The number of carbonyl (C=O) groups is 11. The van der Waals surface area contributed by atoms with Crippen molar-refractivity contribution in [2.75, 3.05) is 105 Å². The Kier molecular flexibility index (Phi) is 33.0. The van der Waals surface area contributed by atoms with Crippen molar-refractivity contribution in [2.24, 2.45) is 5.73 Å². The van der Waals surface area contributed by atoms with Crippen LogP contribution in [0, 0.1) is 0 Å². The van der Waals surface area contributed by atoms with E-state index >= 15 is 0 Å². The topological polar surface area (TPSA) is 371 Å². The van der Waals surface area contributed by atoms with Gasteiger partial charge in [0.05, 0.1) is 72.4 Å². The second-order valence-corrected chi connectivity index (χ2v) is 20.3. The molecule has 0 heterocycles. The molecule has 0 aliphatic rings. The molecule has 0 radical (unpaired) electrons. The molecular formula is C38H66ClN11O15S3. The Morgan fingerprint density at radius 3 is 1.29 bits per heavy atom. The molecular weight excluding hydrogens is 982 g/mol. The molecule has 30 heteroatoms. The zero-order valence-electron chi connectivity index (χ0n) is 38.9. The van der Waals surface area contributed by atoms with Crippen molar-refractivity contribution in [1.82, 2.24) is 53.2 Å². The first-order chi connectivity index (χ1) is 31.8. The lowest BCUT2D eigenvalue weighted by atomic mass is 10.3. The fourth-order valence-corrected chi connectivity index (χ4v) is 6.85. The molecule has 0 aromatic rings. The summed E-state index contributed by atoms with van der Waals surface area (Å²) in [5.41, 5.74) is 4.91. The van der Waals surface area contributed by atoms with Gasteiger partial charge in [-0.3, -0.25) is 52.7 Å². The van der Waals surface area contributed by atoms with Crippen LogP contribution in [-0.4, -0.2) is 195 Å². The first-order valence-electron chi connectivity index (χ1n) is 20.8. The molecule has 0 rings (SSSR count). The quantitative estimate of drug-likeness (QED) is 0.0122. The van der Waals surface area contributed by atoms with Gasteiger partial charge < -0.3 is 77.8 Å². The standard InChI is InChI=1S/C38H66ClN11O15S3/c1-37(2,3)67-35(49-28(56)18-43-24(52)15-39)32(60)46-17-26(54)44-16-25(53)45-19-29(57)50-36(68-38(4,5)6)33(61)47-20-27(55)48-34(66)31(59)42-8-10-63-12-14-64-13-11-62-9-7-41-30(58)22-65-21-23(40)51/h34-36,66H,7-22H2,1-6H3,(H2,40,51)(H,41,58)(H,42,59)(H,43,52)(H,44,54)(H,45,53)(H,46,60)(H,47,61)(H,48,55)(H,49,56)(H,50,57). The fraction of sp³-hybridized carbons (Fsp3) is 0.711. The smallest absolute Gasteiger partial charge is 0.253 e. The van der Waals surface area contributed by atoms with Gasteiger partial charge in [-0.1, -0.05) is 41.5 Å². The third-order valence-corrected chi connectivity index (χ3v) is 10.3. The van der Waals surface area contributed by atoms with Crippen molar-refractivity contribution in [1.29, 1.82) is 0 Å². The van der Waals surface area contributed by atoms with E-state index in [1.54, 1.807) is 41.5 Å². The van der Waals surface area contributed by atoms with Crippen molar-refractivity contribution in [2.45, 2.75) is 67.2 Å². The maximum atomic E-state index is 13.0. The van der Waals surface area contributed by atoms with E-state index in [4.69, 9.17) is 36.3 Å². The number of amides is 11. The number of primary amides is 1. The van der Waals surface area contributed by atoms with Crippen LogP contribution in [0.1, 0.15) is 41.5 Å². The number of nitrogens with two attached hydrogens (primary N) is 1. The van der Waals surface area contributed by atoms with Crippen LogP contribution in [0.15, 0.2) is 0 Å². The maximum Gasteiger partial charge on any atom is 0.253 e. The number of rotatable bonds is 35. The molecule has 26 nitrogen and oxygen atoms in total. The predicted molar refractivity (Wildman–Crippen MR) is 254 cm³/mol. The number of alkyl halides is 1. The molecule has 3 atom stereocenters. The third kappa shape index (κ3) is 36.4. The predicted octanol–water partition coefficient (Wildman–Crippen LogP) is -5.09. The zero-order valence-corrected chi connectivity index (χ0v) is 42.2. The zero-order chi connectivity index (χ0) is 51.7. The van der Waals surface area contributed by atoms with Gasteiger partial charge in [0.25, 0.3) is 17.7 Å². The van der Waals surface area contributed by atoms with Crippen LogP contribution in [0.2, 0.25) is 0 Å². The number of hydrogen-bond donors (Lipinski definition) is 12. The number of halogens is 1. The summed E-state index contributed by atoms with van der Waals surface area (Å²) in [5, 5.41) is 20.4.